The summed E-state index contributed by atoms with van der Waals surface area (Å²) in [6, 6.07) is 15.2. The van der Waals surface area contributed by atoms with E-state index in [2.05, 4.69) is 0 Å². The molecular formula is C22H30O4. The number of aliphatic hydroxyl groups excluding tert-OH is 2. The van der Waals surface area contributed by atoms with Gasteiger partial charge in [0.1, 0.15) is 11.5 Å². The second-order valence-corrected chi connectivity index (χ2v) is 6.32. The summed E-state index contributed by atoms with van der Waals surface area (Å²) in [4.78, 5) is 0. The number of benzene rings is 2. The molecule has 0 radical (unpaired) electrons. The molecule has 0 aliphatic heterocycles. The van der Waals surface area contributed by atoms with E-state index in [9.17, 15) is 10.2 Å². The first-order valence-electron chi connectivity index (χ1n) is 9.45. The average Bonchev–Trinajstić information content (AvgIpc) is 2.66. The van der Waals surface area contributed by atoms with E-state index >= 15 is 0 Å². The van der Waals surface area contributed by atoms with Crippen molar-refractivity contribution in [3.05, 3.63) is 59.7 Å². The Hall–Kier alpha value is -2.04. The highest BCUT2D eigenvalue weighted by Crippen LogP contribution is 2.25. The molecule has 0 amide bonds. The zero-order valence-corrected chi connectivity index (χ0v) is 15.7. The summed E-state index contributed by atoms with van der Waals surface area (Å²) in [5.74, 6) is 1.64. The van der Waals surface area contributed by atoms with Gasteiger partial charge in [0, 0.05) is 0 Å². The van der Waals surface area contributed by atoms with Crippen LogP contribution in [0.3, 0.4) is 0 Å². The second-order valence-electron chi connectivity index (χ2n) is 6.32. The Morgan fingerprint density at radius 3 is 1.31 bits per heavy atom. The topological polar surface area (TPSA) is 58.9 Å². The molecule has 0 aromatic heterocycles. The van der Waals surface area contributed by atoms with Crippen LogP contribution in [0.2, 0.25) is 0 Å². The van der Waals surface area contributed by atoms with Gasteiger partial charge in [-0.15, -0.1) is 0 Å². The van der Waals surface area contributed by atoms with E-state index in [0.29, 0.717) is 26.1 Å². The SMILES string of the molecule is CCOc1ccc([C@H](O)CCCC[C@H](O)c2ccc(OCC)cc2)cc1. The van der Waals surface area contributed by atoms with Crippen LogP contribution in [0.4, 0.5) is 0 Å². The summed E-state index contributed by atoms with van der Waals surface area (Å²) in [6.07, 6.45) is 2.14. The van der Waals surface area contributed by atoms with Crippen molar-refractivity contribution < 1.29 is 19.7 Å². The van der Waals surface area contributed by atoms with Crippen LogP contribution in [0.1, 0.15) is 62.9 Å². The highest BCUT2D eigenvalue weighted by Gasteiger charge is 2.10. The van der Waals surface area contributed by atoms with Crippen LogP contribution in [-0.4, -0.2) is 23.4 Å². The molecule has 0 unspecified atom stereocenters. The van der Waals surface area contributed by atoms with Crippen LogP contribution in [0.5, 0.6) is 11.5 Å². The molecule has 2 N–H and O–H groups in total. The molecular weight excluding hydrogens is 328 g/mol. The molecule has 26 heavy (non-hydrogen) atoms. The van der Waals surface area contributed by atoms with Gasteiger partial charge in [0.2, 0.25) is 0 Å². The van der Waals surface area contributed by atoms with Gasteiger partial charge in [-0.05, 0) is 62.1 Å². The largest absolute Gasteiger partial charge is 0.494 e. The summed E-state index contributed by atoms with van der Waals surface area (Å²) in [6.45, 7) is 5.17. The van der Waals surface area contributed by atoms with E-state index in [1.54, 1.807) is 0 Å². The van der Waals surface area contributed by atoms with E-state index in [-0.39, 0.29) is 0 Å². The molecule has 2 aromatic carbocycles. The number of aliphatic hydroxyl groups is 2. The van der Waals surface area contributed by atoms with Gasteiger partial charge >= 0.3 is 0 Å². The van der Waals surface area contributed by atoms with Crippen LogP contribution < -0.4 is 9.47 Å². The smallest absolute Gasteiger partial charge is 0.119 e. The summed E-state index contributed by atoms with van der Waals surface area (Å²) in [5, 5.41) is 20.6. The molecule has 0 saturated heterocycles. The number of hydrogen-bond acceptors (Lipinski definition) is 4. The van der Waals surface area contributed by atoms with E-state index in [1.165, 1.54) is 0 Å². The standard InChI is InChI=1S/C22H30O4/c1-3-25-19-13-9-17(10-14-19)21(23)7-5-6-8-22(24)18-11-15-20(16-12-18)26-4-2/h9-16,21-24H,3-8H2,1-2H3/t21-,22+. The van der Waals surface area contributed by atoms with Crippen molar-refractivity contribution in [1.29, 1.82) is 0 Å². The van der Waals surface area contributed by atoms with Gasteiger partial charge in [-0.2, -0.15) is 0 Å². The van der Waals surface area contributed by atoms with Gasteiger partial charge in [-0.3, -0.25) is 0 Å². The zero-order valence-electron chi connectivity index (χ0n) is 15.7. The van der Waals surface area contributed by atoms with Crippen LogP contribution in [0.25, 0.3) is 0 Å². The monoisotopic (exact) mass is 358 g/mol. The number of rotatable bonds is 11. The molecule has 2 aromatic rings. The number of hydrogen-bond donors (Lipinski definition) is 2. The minimum atomic E-state index is -0.478. The van der Waals surface area contributed by atoms with Crippen molar-refractivity contribution in [1.82, 2.24) is 0 Å². The quantitative estimate of drug-likeness (QED) is 0.566. The first-order chi connectivity index (χ1) is 12.6. The van der Waals surface area contributed by atoms with Gasteiger partial charge in [0.05, 0.1) is 25.4 Å². The molecule has 0 saturated carbocycles. The summed E-state index contributed by atoms with van der Waals surface area (Å²) < 4.78 is 10.8. The molecule has 142 valence electrons. The molecule has 0 aliphatic rings. The Bertz CT molecular complexity index is 564. The minimum absolute atomic E-state index is 0.478. The normalized spacial score (nSPS) is 13.2. The fraction of sp³-hybridized carbons (Fsp3) is 0.455. The molecule has 0 spiro atoms. The summed E-state index contributed by atoms with van der Waals surface area (Å²) in [5.41, 5.74) is 1.81. The molecule has 0 heterocycles. The van der Waals surface area contributed by atoms with Crippen molar-refractivity contribution in [3.8, 4) is 11.5 Å². The Balaban J connectivity index is 1.71. The van der Waals surface area contributed by atoms with Crippen LogP contribution in [-0.2, 0) is 0 Å². The second kappa shape index (κ2) is 10.8. The molecule has 0 fully saturated rings. The van der Waals surface area contributed by atoms with E-state index in [0.717, 1.165) is 35.5 Å². The maximum atomic E-state index is 10.3. The lowest BCUT2D eigenvalue weighted by Gasteiger charge is -2.14. The summed E-state index contributed by atoms with van der Waals surface area (Å²) in [7, 11) is 0. The predicted octanol–water partition coefficient (Wildman–Crippen LogP) is 4.81. The fourth-order valence-corrected chi connectivity index (χ4v) is 2.91. The molecule has 4 nitrogen and oxygen atoms in total. The maximum absolute atomic E-state index is 10.3. The van der Waals surface area contributed by atoms with Crippen molar-refractivity contribution in [2.45, 2.75) is 51.7 Å². The van der Waals surface area contributed by atoms with Crippen molar-refractivity contribution >= 4 is 0 Å². The molecule has 0 aliphatic carbocycles. The lowest BCUT2D eigenvalue weighted by atomic mass is 9.99. The highest BCUT2D eigenvalue weighted by atomic mass is 16.5. The van der Waals surface area contributed by atoms with Crippen LogP contribution >= 0.6 is 0 Å². The van der Waals surface area contributed by atoms with E-state index < -0.39 is 12.2 Å². The first kappa shape index (κ1) is 20.3. The Morgan fingerprint density at radius 2 is 1.00 bits per heavy atom. The molecule has 2 atom stereocenters. The highest BCUT2D eigenvalue weighted by molar-refractivity contribution is 5.29. The Morgan fingerprint density at radius 1 is 0.654 bits per heavy atom. The number of unbranched alkanes of at least 4 members (excludes halogenated alkanes) is 1. The average molecular weight is 358 g/mol. The van der Waals surface area contributed by atoms with Crippen LogP contribution in [0.15, 0.2) is 48.5 Å². The zero-order chi connectivity index (χ0) is 18.8. The van der Waals surface area contributed by atoms with Gasteiger partial charge < -0.3 is 19.7 Å². The van der Waals surface area contributed by atoms with Gasteiger partial charge in [-0.25, -0.2) is 0 Å². The number of ether oxygens (including phenoxy) is 2. The van der Waals surface area contributed by atoms with Crippen LogP contribution in [0, 0.1) is 0 Å². The van der Waals surface area contributed by atoms with Gasteiger partial charge in [-0.1, -0.05) is 37.1 Å². The molecule has 2 rings (SSSR count). The van der Waals surface area contributed by atoms with Crippen molar-refractivity contribution in [2.24, 2.45) is 0 Å². The maximum Gasteiger partial charge on any atom is 0.119 e. The minimum Gasteiger partial charge on any atom is -0.494 e. The third kappa shape index (κ3) is 6.36. The lowest BCUT2D eigenvalue weighted by molar-refractivity contribution is 0.146. The van der Waals surface area contributed by atoms with Crippen molar-refractivity contribution in [2.75, 3.05) is 13.2 Å². The third-order valence-corrected chi connectivity index (χ3v) is 4.36. The Kier molecular flexibility index (Phi) is 8.45. The van der Waals surface area contributed by atoms with Crippen molar-refractivity contribution in [3.63, 3.8) is 0 Å². The van der Waals surface area contributed by atoms with E-state index in [1.807, 2.05) is 62.4 Å². The molecule has 4 heteroatoms. The van der Waals surface area contributed by atoms with Gasteiger partial charge in [0.15, 0.2) is 0 Å². The lowest BCUT2D eigenvalue weighted by Crippen LogP contribution is -2.01. The van der Waals surface area contributed by atoms with E-state index in [4.69, 9.17) is 9.47 Å². The summed E-state index contributed by atoms with van der Waals surface area (Å²) >= 11 is 0. The molecule has 0 bridgehead atoms. The van der Waals surface area contributed by atoms with Gasteiger partial charge in [0.25, 0.3) is 0 Å². The third-order valence-electron chi connectivity index (χ3n) is 4.36. The first-order valence-corrected chi connectivity index (χ1v) is 9.45. The predicted molar refractivity (Wildman–Crippen MR) is 104 cm³/mol. The fourth-order valence-electron chi connectivity index (χ4n) is 2.91. The Labute approximate surface area is 156 Å².